The molecule has 0 fully saturated rings. The van der Waals surface area contributed by atoms with E-state index in [4.69, 9.17) is 0 Å². The second-order valence-corrected chi connectivity index (χ2v) is 3.98. The maximum absolute atomic E-state index is 12.4. The van der Waals surface area contributed by atoms with E-state index < -0.39 is 12.2 Å². The molecule has 0 spiro atoms. The van der Waals surface area contributed by atoms with E-state index >= 15 is 0 Å². The van der Waals surface area contributed by atoms with Gasteiger partial charge in [-0.25, -0.2) is 4.98 Å². The smallest absolute Gasteiger partial charge is 0.319 e. The fourth-order valence-corrected chi connectivity index (χ4v) is 1.23. The van der Waals surface area contributed by atoms with Crippen LogP contribution in [0.4, 0.5) is 8.78 Å². The van der Waals surface area contributed by atoms with Crippen LogP contribution < -0.4 is 5.32 Å². The number of hydrogen-bond acceptors (Lipinski definition) is 3. The molecule has 0 aliphatic carbocycles. The molecule has 1 aromatic heterocycles. The molecule has 2 N–H and O–H groups in total. The Balaban J connectivity index is 2.46. The summed E-state index contributed by atoms with van der Waals surface area (Å²) in [6.07, 6.45) is 3.17. The molecule has 1 rings (SSSR count). The van der Waals surface area contributed by atoms with Crippen LogP contribution in [0.3, 0.4) is 0 Å². The number of rotatable bonds is 6. The van der Waals surface area contributed by atoms with Gasteiger partial charge in [0.1, 0.15) is 5.82 Å². The van der Waals surface area contributed by atoms with Crippen LogP contribution in [-0.4, -0.2) is 26.8 Å². The molecular weight excluding hydrogens is 216 g/mol. The van der Waals surface area contributed by atoms with Crippen molar-refractivity contribution < 1.29 is 13.9 Å². The number of halogens is 2. The summed E-state index contributed by atoms with van der Waals surface area (Å²) in [5, 5.41) is 12.6. The van der Waals surface area contributed by atoms with E-state index in [2.05, 4.69) is 10.3 Å². The average molecular weight is 233 g/mol. The van der Waals surface area contributed by atoms with Gasteiger partial charge in [-0.05, 0) is 13.3 Å². The highest BCUT2D eigenvalue weighted by Gasteiger charge is 2.17. The molecule has 1 unspecified atom stereocenters. The number of aliphatic hydroxyl groups is 1. The van der Waals surface area contributed by atoms with Gasteiger partial charge < -0.3 is 10.4 Å². The number of imidazole rings is 1. The minimum absolute atomic E-state index is 0.216. The van der Waals surface area contributed by atoms with Crippen LogP contribution in [-0.2, 0) is 6.54 Å². The molecule has 1 atom stereocenters. The highest BCUT2D eigenvalue weighted by Crippen LogP contribution is 2.12. The first kappa shape index (κ1) is 13.1. The van der Waals surface area contributed by atoms with Crippen LogP contribution in [0.2, 0.25) is 0 Å². The normalized spacial score (nSPS) is 15.4. The Kier molecular flexibility index (Phi) is 4.37. The molecule has 16 heavy (non-hydrogen) atoms. The van der Waals surface area contributed by atoms with Crippen LogP contribution in [0.15, 0.2) is 12.4 Å². The molecule has 0 aliphatic rings. The molecule has 0 radical (unpaired) electrons. The van der Waals surface area contributed by atoms with Crippen molar-refractivity contribution in [2.45, 2.75) is 39.0 Å². The maximum Gasteiger partial charge on any atom is 0.319 e. The third-order valence-corrected chi connectivity index (χ3v) is 2.51. The standard InChI is InChI=1S/C10H17F2N3O/c1-3-10(2,16)7-13-6-8-14-4-5-15(8)9(11)12/h4-5,9,13,16H,3,6-7H2,1-2H3. The van der Waals surface area contributed by atoms with Crippen molar-refractivity contribution in [2.75, 3.05) is 6.54 Å². The van der Waals surface area contributed by atoms with Gasteiger partial charge in [0.2, 0.25) is 0 Å². The molecule has 0 saturated carbocycles. The molecule has 0 aliphatic heterocycles. The van der Waals surface area contributed by atoms with Crippen molar-refractivity contribution in [3.05, 3.63) is 18.2 Å². The van der Waals surface area contributed by atoms with Gasteiger partial charge in [-0.15, -0.1) is 0 Å². The molecule has 6 heteroatoms. The number of aromatic nitrogens is 2. The Morgan fingerprint density at radius 1 is 1.62 bits per heavy atom. The largest absolute Gasteiger partial charge is 0.389 e. The molecule has 0 saturated heterocycles. The van der Waals surface area contributed by atoms with Crippen molar-refractivity contribution in [3.63, 3.8) is 0 Å². The second kappa shape index (κ2) is 5.36. The van der Waals surface area contributed by atoms with Crippen molar-refractivity contribution in [2.24, 2.45) is 0 Å². The van der Waals surface area contributed by atoms with Gasteiger partial charge in [-0.1, -0.05) is 6.92 Å². The van der Waals surface area contributed by atoms with E-state index in [1.807, 2.05) is 6.92 Å². The van der Waals surface area contributed by atoms with Crippen LogP contribution in [0, 0.1) is 0 Å². The topological polar surface area (TPSA) is 50.1 Å². The van der Waals surface area contributed by atoms with E-state index in [9.17, 15) is 13.9 Å². The lowest BCUT2D eigenvalue weighted by Gasteiger charge is -2.21. The number of nitrogens with zero attached hydrogens (tertiary/aromatic N) is 2. The van der Waals surface area contributed by atoms with E-state index in [-0.39, 0.29) is 12.4 Å². The van der Waals surface area contributed by atoms with Crippen molar-refractivity contribution in [1.82, 2.24) is 14.9 Å². The van der Waals surface area contributed by atoms with Gasteiger partial charge in [-0.3, -0.25) is 4.57 Å². The fourth-order valence-electron chi connectivity index (χ4n) is 1.23. The van der Waals surface area contributed by atoms with Crippen molar-refractivity contribution in [1.29, 1.82) is 0 Å². The van der Waals surface area contributed by atoms with Crippen LogP contribution in [0.5, 0.6) is 0 Å². The predicted octanol–water partition coefficient (Wildman–Crippen LogP) is 1.53. The van der Waals surface area contributed by atoms with Crippen molar-refractivity contribution >= 4 is 0 Å². The lowest BCUT2D eigenvalue weighted by Crippen LogP contribution is -2.37. The Morgan fingerprint density at radius 3 is 2.88 bits per heavy atom. The van der Waals surface area contributed by atoms with E-state index in [0.29, 0.717) is 13.0 Å². The summed E-state index contributed by atoms with van der Waals surface area (Å²) in [6.45, 7) is 1.54. The minimum atomic E-state index is -2.58. The highest BCUT2D eigenvalue weighted by molar-refractivity contribution is 4.92. The number of hydrogen-bond donors (Lipinski definition) is 2. The second-order valence-electron chi connectivity index (χ2n) is 3.98. The van der Waals surface area contributed by atoms with E-state index in [1.54, 1.807) is 6.92 Å². The first-order valence-corrected chi connectivity index (χ1v) is 5.19. The highest BCUT2D eigenvalue weighted by atomic mass is 19.3. The summed E-state index contributed by atoms with van der Waals surface area (Å²) in [4.78, 5) is 3.82. The summed E-state index contributed by atoms with van der Waals surface area (Å²) >= 11 is 0. The SMILES string of the molecule is CCC(C)(O)CNCc1nccn1C(F)F. The Bertz CT molecular complexity index is 326. The first-order chi connectivity index (χ1) is 7.46. The van der Waals surface area contributed by atoms with Crippen LogP contribution >= 0.6 is 0 Å². The number of nitrogens with one attached hydrogen (secondary N) is 1. The van der Waals surface area contributed by atoms with Crippen LogP contribution in [0.25, 0.3) is 0 Å². The minimum Gasteiger partial charge on any atom is -0.389 e. The zero-order chi connectivity index (χ0) is 12.2. The predicted molar refractivity (Wildman–Crippen MR) is 56.1 cm³/mol. The summed E-state index contributed by atoms with van der Waals surface area (Å²) in [7, 11) is 0. The zero-order valence-electron chi connectivity index (χ0n) is 9.45. The third-order valence-electron chi connectivity index (χ3n) is 2.51. The van der Waals surface area contributed by atoms with Crippen molar-refractivity contribution in [3.8, 4) is 0 Å². The molecule has 0 amide bonds. The Hall–Kier alpha value is -1.01. The third kappa shape index (κ3) is 3.53. The quantitative estimate of drug-likeness (QED) is 0.783. The molecule has 4 nitrogen and oxygen atoms in total. The molecule has 0 aromatic carbocycles. The molecule has 1 heterocycles. The molecule has 0 bridgehead atoms. The van der Waals surface area contributed by atoms with E-state index in [0.717, 1.165) is 4.57 Å². The van der Waals surface area contributed by atoms with Crippen LogP contribution in [0.1, 0.15) is 32.6 Å². The fraction of sp³-hybridized carbons (Fsp3) is 0.700. The van der Waals surface area contributed by atoms with Gasteiger partial charge in [0.15, 0.2) is 0 Å². The van der Waals surface area contributed by atoms with Gasteiger partial charge >= 0.3 is 6.55 Å². The van der Waals surface area contributed by atoms with Gasteiger partial charge in [0.05, 0.1) is 12.1 Å². The first-order valence-electron chi connectivity index (χ1n) is 5.19. The summed E-state index contributed by atoms with van der Waals surface area (Å²) in [6, 6.07) is 0. The zero-order valence-corrected chi connectivity index (χ0v) is 9.45. The lowest BCUT2D eigenvalue weighted by atomic mass is 10.0. The molecular formula is C10H17F2N3O. The number of alkyl halides is 2. The Morgan fingerprint density at radius 2 is 2.31 bits per heavy atom. The lowest BCUT2D eigenvalue weighted by molar-refractivity contribution is 0.0531. The molecule has 1 aromatic rings. The average Bonchev–Trinajstić information content (AvgIpc) is 2.66. The monoisotopic (exact) mass is 233 g/mol. The van der Waals surface area contributed by atoms with Gasteiger partial charge in [0.25, 0.3) is 0 Å². The summed E-state index contributed by atoms with van der Waals surface area (Å²) in [5.41, 5.74) is -0.817. The molecule has 92 valence electrons. The summed E-state index contributed by atoms with van der Waals surface area (Å²) < 4.78 is 25.7. The maximum atomic E-state index is 12.4. The Labute approximate surface area is 93.3 Å². The summed E-state index contributed by atoms with van der Waals surface area (Å²) in [5.74, 6) is 0.266. The van der Waals surface area contributed by atoms with Gasteiger partial charge in [0, 0.05) is 18.9 Å². The van der Waals surface area contributed by atoms with Gasteiger partial charge in [-0.2, -0.15) is 8.78 Å². The van der Waals surface area contributed by atoms with E-state index in [1.165, 1.54) is 12.4 Å².